The summed E-state index contributed by atoms with van der Waals surface area (Å²) < 4.78 is 13.3. The monoisotopic (exact) mass is 314 g/mol. The second-order valence-corrected chi connectivity index (χ2v) is 5.29. The number of carboxylic acid groups (broad SMARTS) is 1. The van der Waals surface area contributed by atoms with Crippen molar-refractivity contribution in [1.82, 2.24) is 5.32 Å². The van der Waals surface area contributed by atoms with Gasteiger partial charge in [0.05, 0.1) is 6.42 Å². The summed E-state index contributed by atoms with van der Waals surface area (Å²) in [5.74, 6) is -2.77. The van der Waals surface area contributed by atoms with Gasteiger partial charge < -0.3 is 16.2 Å². The van der Waals surface area contributed by atoms with E-state index >= 15 is 0 Å². The number of carboxylic acids is 1. The highest BCUT2D eigenvalue weighted by atomic mass is 32.2. The topological polar surface area (TPSA) is 109 Å². The molecule has 1 aromatic rings. The minimum atomic E-state index is -1.34. The van der Waals surface area contributed by atoms with Crippen molar-refractivity contribution in [3.8, 4) is 0 Å². The fraction of sp³-hybridized carbons (Fsp3) is 0.308. The van der Waals surface area contributed by atoms with Crippen LogP contribution in [0.4, 0.5) is 4.39 Å². The Hall–Kier alpha value is -2.09. The molecule has 0 radical (unpaired) electrons. The van der Waals surface area contributed by atoms with Gasteiger partial charge in [-0.1, -0.05) is 12.1 Å². The van der Waals surface area contributed by atoms with Gasteiger partial charge >= 0.3 is 5.97 Å². The number of halogens is 1. The van der Waals surface area contributed by atoms with Crippen molar-refractivity contribution in [2.24, 2.45) is 5.73 Å². The molecule has 21 heavy (non-hydrogen) atoms. The fourth-order valence-corrected chi connectivity index (χ4v) is 2.37. The molecule has 0 aliphatic carbocycles. The maximum absolute atomic E-state index is 13.3. The molecule has 114 valence electrons. The van der Waals surface area contributed by atoms with Gasteiger partial charge in [0, 0.05) is 17.1 Å². The number of nitrogens with one attached hydrogen (secondary N) is 1. The van der Waals surface area contributed by atoms with E-state index in [1.54, 1.807) is 18.2 Å². The summed E-state index contributed by atoms with van der Waals surface area (Å²) in [5, 5.41) is 11.0. The van der Waals surface area contributed by atoms with Crippen LogP contribution < -0.4 is 11.1 Å². The molecule has 2 amide bonds. The number of benzene rings is 1. The van der Waals surface area contributed by atoms with E-state index in [4.69, 9.17) is 10.8 Å². The van der Waals surface area contributed by atoms with Gasteiger partial charge in [0.1, 0.15) is 11.9 Å². The lowest BCUT2D eigenvalue weighted by atomic mass is 10.2. The minimum Gasteiger partial charge on any atom is -0.480 e. The van der Waals surface area contributed by atoms with Crippen LogP contribution in [0.5, 0.6) is 0 Å². The zero-order valence-corrected chi connectivity index (χ0v) is 11.9. The number of thioether (sulfide) groups is 1. The normalized spacial score (nSPS) is 11.7. The smallest absolute Gasteiger partial charge is 0.326 e. The Balaban J connectivity index is 2.41. The third-order valence-electron chi connectivity index (χ3n) is 2.46. The molecule has 0 fully saturated rings. The van der Waals surface area contributed by atoms with Crippen molar-refractivity contribution < 1.29 is 23.9 Å². The molecule has 0 saturated carbocycles. The third-order valence-corrected chi connectivity index (χ3v) is 3.51. The van der Waals surface area contributed by atoms with E-state index in [9.17, 15) is 18.8 Å². The Morgan fingerprint density at radius 1 is 1.33 bits per heavy atom. The number of amides is 2. The molecular weight excluding hydrogens is 299 g/mol. The molecule has 0 aromatic heterocycles. The molecule has 0 unspecified atom stereocenters. The Labute approximate surface area is 124 Å². The summed E-state index contributed by atoms with van der Waals surface area (Å²) in [4.78, 5) is 33.5. The standard InChI is InChI=1S/C13H15FN2O4S/c14-8-3-1-2-4-10(8)21-6-5-12(18)16-9(13(19)20)7-11(15)17/h1-4,9H,5-7H2,(H2,15,17)(H,16,18)(H,19,20)/t9-/m0/s1. The van der Waals surface area contributed by atoms with Crippen LogP contribution in [0.2, 0.25) is 0 Å². The largest absolute Gasteiger partial charge is 0.480 e. The number of rotatable bonds is 8. The molecule has 1 aromatic carbocycles. The molecule has 0 aliphatic rings. The van der Waals surface area contributed by atoms with E-state index in [1.807, 2.05) is 0 Å². The lowest BCUT2D eigenvalue weighted by molar-refractivity contribution is -0.143. The van der Waals surface area contributed by atoms with Gasteiger partial charge in [-0.05, 0) is 12.1 Å². The summed E-state index contributed by atoms with van der Waals surface area (Å²) in [6, 6.07) is 4.81. The van der Waals surface area contributed by atoms with Crippen molar-refractivity contribution in [2.45, 2.75) is 23.8 Å². The molecular formula is C13H15FN2O4S. The first-order valence-corrected chi connectivity index (χ1v) is 7.06. The SMILES string of the molecule is NC(=O)C[C@H](NC(=O)CCSc1ccccc1F)C(=O)O. The maximum Gasteiger partial charge on any atom is 0.326 e. The van der Waals surface area contributed by atoms with Crippen molar-refractivity contribution >= 4 is 29.5 Å². The number of primary amides is 1. The summed E-state index contributed by atoms with van der Waals surface area (Å²) >= 11 is 1.15. The molecule has 0 bridgehead atoms. The average molecular weight is 314 g/mol. The van der Waals surface area contributed by atoms with E-state index in [1.165, 1.54) is 6.07 Å². The van der Waals surface area contributed by atoms with E-state index in [0.717, 1.165) is 11.8 Å². The van der Waals surface area contributed by atoms with Gasteiger partial charge in [-0.15, -0.1) is 11.8 Å². The second kappa shape index (κ2) is 8.25. The Kier molecular flexibility index (Phi) is 6.67. The summed E-state index contributed by atoms with van der Waals surface area (Å²) in [5.41, 5.74) is 4.90. The quantitative estimate of drug-likeness (QED) is 0.614. The first-order chi connectivity index (χ1) is 9.90. The van der Waals surface area contributed by atoms with Crippen LogP contribution in [0, 0.1) is 5.82 Å². The van der Waals surface area contributed by atoms with E-state index in [-0.39, 0.29) is 18.0 Å². The Morgan fingerprint density at radius 2 is 2.00 bits per heavy atom. The molecule has 0 spiro atoms. The van der Waals surface area contributed by atoms with Crippen LogP contribution in [0.25, 0.3) is 0 Å². The third kappa shape index (κ3) is 6.26. The van der Waals surface area contributed by atoms with Crippen LogP contribution in [0.1, 0.15) is 12.8 Å². The number of hydrogen-bond acceptors (Lipinski definition) is 4. The van der Waals surface area contributed by atoms with Gasteiger partial charge in [-0.2, -0.15) is 0 Å². The van der Waals surface area contributed by atoms with Crippen molar-refractivity contribution in [2.75, 3.05) is 5.75 Å². The highest BCUT2D eigenvalue weighted by Gasteiger charge is 2.21. The van der Waals surface area contributed by atoms with Crippen LogP contribution in [-0.2, 0) is 14.4 Å². The first-order valence-electron chi connectivity index (χ1n) is 6.08. The van der Waals surface area contributed by atoms with Gasteiger partial charge in [-0.3, -0.25) is 9.59 Å². The van der Waals surface area contributed by atoms with E-state index < -0.39 is 30.2 Å². The van der Waals surface area contributed by atoms with Gasteiger partial charge in [0.25, 0.3) is 0 Å². The molecule has 1 atom stereocenters. The molecule has 0 heterocycles. The van der Waals surface area contributed by atoms with Crippen molar-refractivity contribution in [3.63, 3.8) is 0 Å². The lowest BCUT2D eigenvalue weighted by Gasteiger charge is -2.12. The zero-order chi connectivity index (χ0) is 15.8. The van der Waals surface area contributed by atoms with Crippen LogP contribution in [0.3, 0.4) is 0 Å². The lowest BCUT2D eigenvalue weighted by Crippen LogP contribution is -2.43. The van der Waals surface area contributed by atoms with Crippen LogP contribution in [0.15, 0.2) is 29.2 Å². The Morgan fingerprint density at radius 3 is 2.57 bits per heavy atom. The van der Waals surface area contributed by atoms with Gasteiger partial charge in [0.2, 0.25) is 11.8 Å². The predicted molar refractivity (Wildman–Crippen MR) is 75.1 cm³/mol. The Bertz CT molecular complexity index is 539. The number of carbonyl (C=O) groups is 3. The highest BCUT2D eigenvalue weighted by molar-refractivity contribution is 7.99. The van der Waals surface area contributed by atoms with Crippen LogP contribution >= 0.6 is 11.8 Å². The molecule has 6 nitrogen and oxygen atoms in total. The maximum atomic E-state index is 13.3. The minimum absolute atomic E-state index is 0.00153. The average Bonchev–Trinajstić information content (AvgIpc) is 2.39. The number of aliphatic carboxylic acids is 1. The molecule has 4 N–H and O–H groups in total. The summed E-state index contributed by atoms with van der Waals surface area (Å²) in [7, 11) is 0. The second-order valence-electron chi connectivity index (χ2n) is 4.16. The zero-order valence-electron chi connectivity index (χ0n) is 11.0. The van der Waals surface area contributed by atoms with E-state index in [0.29, 0.717) is 4.90 Å². The summed E-state index contributed by atoms with van der Waals surface area (Å²) in [6.45, 7) is 0. The van der Waals surface area contributed by atoms with E-state index in [2.05, 4.69) is 5.32 Å². The summed E-state index contributed by atoms with van der Waals surface area (Å²) in [6.07, 6.45) is -0.469. The molecule has 0 saturated heterocycles. The fourth-order valence-electron chi connectivity index (χ4n) is 1.48. The number of nitrogens with two attached hydrogens (primary N) is 1. The predicted octanol–water partition coefficient (Wildman–Crippen LogP) is 0.753. The molecule has 1 rings (SSSR count). The van der Waals surface area contributed by atoms with Crippen molar-refractivity contribution in [1.29, 1.82) is 0 Å². The van der Waals surface area contributed by atoms with Crippen molar-refractivity contribution in [3.05, 3.63) is 30.1 Å². The van der Waals surface area contributed by atoms with Gasteiger partial charge in [-0.25, -0.2) is 9.18 Å². The number of hydrogen-bond donors (Lipinski definition) is 3. The van der Waals surface area contributed by atoms with Gasteiger partial charge in [0.15, 0.2) is 0 Å². The van der Waals surface area contributed by atoms with Crippen LogP contribution in [-0.4, -0.2) is 34.7 Å². The molecule has 8 heteroatoms. The first kappa shape index (κ1) is 17.0. The number of carbonyl (C=O) groups excluding carboxylic acids is 2. The molecule has 0 aliphatic heterocycles. The highest BCUT2D eigenvalue weighted by Crippen LogP contribution is 2.21.